The molecular formula is C19H17ClN4O4. The Balaban J connectivity index is 1.93. The van der Waals surface area contributed by atoms with Crippen molar-refractivity contribution in [3.8, 4) is 11.5 Å². The third-order valence-corrected chi connectivity index (χ3v) is 4.21. The van der Waals surface area contributed by atoms with Gasteiger partial charge in [-0.1, -0.05) is 23.7 Å². The Morgan fingerprint density at radius 2 is 2.00 bits per heavy atom. The number of carbonyl (C=O) groups excluding carboxylic acids is 1. The monoisotopic (exact) mass is 400 g/mol. The van der Waals surface area contributed by atoms with Crippen LogP contribution in [-0.2, 0) is 7.05 Å². The van der Waals surface area contributed by atoms with Gasteiger partial charge in [-0.05, 0) is 31.0 Å². The second kappa shape index (κ2) is 7.69. The van der Waals surface area contributed by atoms with Gasteiger partial charge in [0, 0.05) is 25.4 Å². The molecule has 3 aromatic rings. The van der Waals surface area contributed by atoms with Gasteiger partial charge in [0.05, 0.1) is 21.7 Å². The van der Waals surface area contributed by atoms with Gasteiger partial charge in [-0.3, -0.25) is 19.6 Å². The highest BCUT2D eigenvalue weighted by Gasteiger charge is 2.18. The van der Waals surface area contributed by atoms with Gasteiger partial charge in [0.15, 0.2) is 5.69 Å². The first kappa shape index (κ1) is 19.4. The zero-order valence-electron chi connectivity index (χ0n) is 15.4. The van der Waals surface area contributed by atoms with E-state index in [0.29, 0.717) is 5.75 Å². The predicted molar refractivity (Wildman–Crippen MR) is 105 cm³/mol. The second-order valence-corrected chi connectivity index (χ2v) is 6.70. The van der Waals surface area contributed by atoms with Gasteiger partial charge in [-0.15, -0.1) is 0 Å². The van der Waals surface area contributed by atoms with Crippen LogP contribution in [0.1, 0.15) is 21.6 Å². The first-order valence-electron chi connectivity index (χ1n) is 8.28. The fourth-order valence-electron chi connectivity index (χ4n) is 2.57. The number of non-ortho nitro benzene ring substituents is 1. The molecule has 0 radical (unpaired) electrons. The number of aromatic nitrogens is 2. The van der Waals surface area contributed by atoms with Gasteiger partial charge in [-0.25, -0.2) is 0 Å². The third-order valence-electron chi connectivity index (χ3n) is 3.93. The number of nitro groups is 1. The second-order valence-electron chi connectivity index (χ2n) is 6.30. The van der Waals surface area contributed by atoms with E-state index in [1.807, 2.05) is 32.0 Å². The Hall–Kier alpha value is -3.39. The maximum Gasteiger partial charge on any atom is 0.277 e. The number of amides is 1. The number of nitrogens with zero attached hydrogens (tertiary/aromatic N) is 3. The van der Waals surface area contributed by atoms with Gasteiger partial charge in [-0.2, -0.15) is 5.10 Å². The SMILES string of the molecule is Cc1ccc(C)c(Oc2cc(NC(=O)c3nn(C)cc3Cl)cc([N+](=O)[O-])c2)c1. The molecule has 3 rings (SSSR count). The maximum absolute atomic E-state index is 12.4. The van der Waals surface area contributed by atoms with Gasteiger partial charge in [0.1, 0.15) is 11.5 Å². The molecule has 144 valence electrons. The third kappa shape index (κ3) is 4.29. The van der Waals surface area contributed by atoms with Crippen molar-refractivity contribution < 1.29 is 14.5 Å². The summed E-state index contributed by atoms with van der Waals surface area (Å²) in [5, 5.41) is 18.0. The van der Waals surface area contributed by atoms with Crippen molar-refractivity contribution >= 4 is 28.9 Å². The van der Waals surface area contributed by atoms with E-state index in [2.05, 4.69) is 10.4 Å². The van der Waals surface area contributed by atoms with Crippen molar-refractivity contribution in [2.24, 2.45) is 7.05 Å². The Bertz CT molecular complexity index is 1080. The zero-order chi connectivity index (χ0) is 20.4. The van der Waals surface area contributed by atoms with Gasteiger partial charge < -0.3 is 10.1 Å². The number of halogens is 1. The maximum atomic E-state index is 12.4. The summed E-state index contributed by atoms with van der Waals surface area (Å²) in [6.07, 6.45) is 1.49. The predicted octanol–water partition coefficient (Wildman–Crippen LogP) is 4.64. The number of rotatable bonds is 5. The lowest BCUT2D eigenvalue weighted by molar-refractivity contribution is -0.384. The molecule has 1 heterocycles. The molecule has 28 heavy (non-hydrogen) atoms. The molecule has 1 aromatic heterocycles. The number of ether oxygens (including phenoxy) is 1. The largest absolute Gasteiger partial charge is 0.457 e. The van der Waals surface area contributed by atoms with Gasteiger partial charge >= 0.3 is 0 Å². The Labute approximate surface area is 165 Å². The van der Waals surface area contributed by atoms with Crippen LogP contribution in [0.15, 0.2) is 42.6 Å². The minimum atomic E-state index is -0.580. The summed E-state index contributed by atoms with van der Waals surface area (Å²) in [6, 6.07) is 9.71. The van der Waals surface area contributed by atoms with Crippen LogP contribution in [0.5, 0.6) is 11.5 Å². The molecule has 0 atom stereocenters. The highest BCUT2D eigenvalue weighted by atomic mass is 35.5. The number of hydrogen-bond acceptors (Lipinski definition) is 5. The zero-order valence-corrected chi connectivity index (χ0v) is 16.1. The number of nitrogens with one attached hydrogen (secondary N) is 1. The summed E-state index contributed by atoms with van der Waals surface area (Å²) >= 11 is 5.98. The van der Waals surface area contributed by atoms with Crippen molar-refractivity contribution in [2.75, 3.05) is 5.32 Å². The standard InChI is InChI=1S/C19H17ClN4O4/c1-11-4-5-12(2)17(6-11)28-15-8-13(7-14(9-15)24(26)27)21-19(25)18-16(20)10-23(3)22-18/h4-10H,1-3H3,(H,21,25). The van der Waals surface area contributed by atoms with E-state index in [1.165, 1.54) is 29.1 Å². The van der Waals surface area contributed by atoms with Crippen molar-refractivity contribution in [1.29, 1.82) is 0 Å². The molecule has 0 aliphatic heterocycles. The van der Waals surface area contributed by atoms with Gasteiger partial charge in [0.2, 0.25) is 0 Å². The normalized spacial score (nSPS) is 10.6. The fraction of sp³-hybridized carbons (Fsp3) is 0.158. The van der Waals surface area contributed by atoms with E-state index < -0.39 is 10.8 Å². The Morgan fingerprint density at radius 3 is 2.64 bits per heavy atom. The Kier molecular flexibility index (Phi) is 5.32. The number of carbonyl (C=O) groups is 1. The highest BCUT2D eigenvalue weighted by molar-refractivity contribution is 6.34. The average Bonchev–Trinajstić information content (AvgIpc) is 2.96. The quantitative estimate of drug-likeness (QED) is 0.496. The smallest absolute Gasteiger partial charge is 0.277 e. The minimum Gasteiger partial charge on any atom is -0.457 e. The molecule has 0 spiro atoms. The Morgan fingerprint density at radius 1 is 1.25 bits per heavy atom. The summed E-state index contributed by atoms with van der Waals surface area (Å²) < 4.78 is 7.24. The minimum absolute atomic E-state index is 0.0210. The summed E-state index contributed by atoms with van der Waals surface area (Å²) in [5.74, 6) is 0.222. The van der Waals surface area contributed by atoms with Crippen LogP contribution in [-0.4, -0.2) is 20.6 Å². The number of hydrogen-bond donors (Lipinski definition) is 1. The molecule has 0 saturated carbocycles. The van der Waals surface area contributed by atoms with Crippen LogP contribution < -0.4 is 10.1 Å². The lowest BCUT2D eigenvalue weighted by Gasteiger charge is -2.11. The van der Waals surface area contributed by atoms with Crippen molar-refractivity contribution in [3.63, 3.8) is 0 Å². The van der Waals surface area contributed by atoms with Crippen LogP contribution in [0.3, 0.4) is 0 Å². The summed E-state index contributed by atoms with van der Waals surface area (Å²) in [6.45, 7) is 3.79. The number of benzene rings is 2. The van der Waals surface area contributed by atoms with E-state index in [9.17, 15) is 14.9 Å². The topological polar surface area (TPSA) is 99.3 Å². The van der Waals surface area contributed by atoms with Crippen molar-refractivity contribution in [3.05, 3.63) is 74.6 Å². The molecule has 2 aromatic carbocycles. The number of aryl methyl sites for hydroxylation is 3. The molecule has 0 saturated heterocycles. The van der Waals surface area contributed by atoms with Crippen molar-refractivity contribution in [2.45, 2.75) is 13.8 Å². The van der Waals surface area contributed by atoms with E-state index in [1.54, 1.807) is 7.05 Å². The van der Waals surface area contributed by atoms with E-state index in [4.69, 9.17) is 16.3 Å². The van der Waals surface area contributed by atoms with Gasteiger partial charge in [0.25, 0.3) is 11.6 Å². The van der Waals surface area contributed by atoms with Crippen LogP contribution in [0.4, 0.5) is 11.4 Å². The molecule has 9 heteroatoms. The molecule has 0 unspecified atom stereocenters. The average molecular weight is 401 g/mol. The van der Waals surface area contributed by atoms with E-state index in [-0.39, 0.29) is 27.8 Å². The molecule has 0 aliphatic carbocycles. The van der Waals surface area contributed by atoms with E-state index >= 15 is 0 Å². The first-order chi connectivity index (χ1) is 13.2. The lowest BCUT2D eigenvalue weighted by Crippen LogP contribution is -2.13. The number of anilines is 1. The first-order valence-corrected chi connectivity index (χ1v) is 8.66. The highest BCUT2D eigenvalue weighted by Crippen LogP contribution is 2.32. The van der Waals surface area contributed by atoms with E-state index in [0.717, 1.165) is 11.1 Å². The van der Waals surface area contributed by atoms with Crippen LogP contribution >= 0.6 is 11.6 Å². The van der Waals surface area contributed by atoms with Crippen LogP contribution in [0, 0.1) is 24.0 Å². The van der Waals surface area contributed by atoms with Crippen LogP contribution in [0.25, 0.3) is 0 Å². The molecule has 0 aliphatic rings. The fourth-order valence-corrected chi connectivity index (χ4v) is 2.83. The molecular weight excluding hydrogens is 384 g/mol. The summed E-state index contributed by atoms with van der Waals surface area (Å²) in [7, 11) is 1.63. The molecule has 0 fully saturated rings. The molecule has 0 bridgehead atoms. The number of nitro benzene ring substituents is 1. The summed E-state index contributed by atoms with van der Waals surface area (Å²) in [4.78, 5) is 23.2. The van der Waals surface area contributed by atoms with Crippen molar-refractivity contribution in [1.82, 2.24) is 9.78 Å². The summed E-state index contributed by atoms with van der Waals surface area (Å²) in [5.41, 5.74) is 1.87. The van der Waals surface area contributed by atoms with Crippen LogP contribution in [0.2, 0.25) is 5.02 Å². The molecule has 8 nitrogen and oxygen atoms in total. The lowest BCUT2D eigenvalue weighted by atomic mass is 10.1. The molecule has 1 amide bonds. The molecule has 1 N–H and O–H groups in total.